The van der Waals surface area contributed by atoms with Crippen LogP contribution in [0.25, 0.3) is 0 Å². The van der Waals surface area contributed by atoms with Gasteiger partial charge in [-0.1, -0.05) is 12.2 Å². The number of hydrogen-bond donors (Lipinski definition) is 2. The second-order valence-corrected chi connectivity index (χ2v) is 5.00. The number of aliphatic hydroxyl groups is 1. The number of nitrogens with two attached hydrogens (primary N) is 1. The maximum absolute atomic E-state index is 9.88. The van der Waals surface area contributed by atoms with Crippen LogP contribution in [0.1, 0.15) is 26.5 Å². The molecule has 0 saturated heterocycles. The minimum atomic E-state index is -0.778. The Bertz CT molecular complexity index is 401. The van der Waals surface area contributed by atoms with Gasteiger partial charge in [0.25, 0.3) is 0 Å². The number of aromatic nitrogens is 1. The van der Waals surface area contributed by atoms with Crippen LogP contribution in [-0.4, -0.2) is 33.8 Å². The van der Waals surface area contributed by atoms with Crippen molar-refractivity contribution < 1.29 is 5.11 Å². The maximum atomic E-state index is 9.88. The highest BCUT2D eigenvalue weighted by molar-refractivity contribution is 7.80. The molecule has 0 amide bonds. The molecule has 5 heteroatoms. The number of rotatable bonds is 5. The van der Waals surface area contributed by atoms with Crippen LogP contribution in [0, 0.1) is 0 Å². The summed E-state index contributed by atoms with van der Waals surface area (Å²) in [6.07, 6.45) is 1.66. The molecule has 1 heterocycles. The summed E-state index contributed by atoms with van der Waals surface area (Å²) in [7, 11) is 0. The highest BCUT2D eigenvalue weighted by atomic mass is 32.1. The molecule has 0 saturated carbocycles. The van der Waals surface area contributed by atoms with E-state index in [1.807, 2.05) is 24.0 Å². The van der Waals surface area contributed by atoms with Gasteiger partial charge in [-0.2, -0.15) is 0 Å². The van der Waals surface area contributed by atoms with E-state index in [9.17, 15) is 5.11 Å². The molecule has 1 aromatic rings. The normalized spacial score (nSPS) is 11.3. The molecule has 94 valence electrons. The van der Waals surface area contributed by atoms with Crippen molar-refractivity contribution >= 4 is 22.9 Å². The monoisotopic (exact) mass is 253 g/mol. The molecule has 0 aliphatic carbocycles. The van der Waals surface area contributed by atoms with Crippen LogP contribution in [0.4, 0.5) is 5.69 Å². The first-order chi connectivity index (χ1) is 7.85. The van der Waals surface area contributed by atoms with E-state index in [1.165, 1.54) is 0 Å². The Labute approximate surface area is 107 Å². The molecule has 0 radical (unpaired) electrons. The zero-order chi connectivity index (χ0) is 13.1. The van der Waals surface area contributed by atoms with E-state index in [2.05, 4.69) is 4.98 Å². The van der Waals surface area contributed by atoms with Crippen LogP contribution < -0.4 is 10.6 Å². The quantitative estimate of drug-likeness (QED) is 0.775. The first-order valence-electron chi connectivity index (χ1n) is 5.57. The summed E-state index contributed by atoms with van der Waals surface area (Å²) in [6, 6.07) is 3.75. The summed E-state index contributed by atoms with van der Waals surface area (Å²) in [6.45, 7) is 6.82. The summed E-state index contributed by atoms with van der Waals surface area (Å²) < 4.78 is 0. The molecule has 17 heavy (non-hydrogen) atoms. The van der Waals surface area contributed by atoms with E-state index < -0.39 is 5.60 Å². The second kappa shape index (κ2) is 5.42. The summed E-state index contributed by atoms with van der Waals surface area (Å²) in [5.41, 5.74) is 6.34. The van der Waals surface area contributed by atoms with E-state index in [1.54, 1.807) is 20.0 Å². The van der Waals surface area contributed by atoms with Crippen LogP contribution in [0.2, 0.25) is 0 Å². The van der Waals surface area contributed by atoms with Crippen molar-refractivity contribution in [1.82, 2.24) is 4.98 Å². The fourth-order valence-corrected chi connectivity index (χ4v) is 1.83. The lowest BCUT2D eigenvalue weighted by Gasteiger charge is -2.30. The molecule has 0 bridgehead atoms. The van der Waals surface area contributed by atoms with Gasteiger partial charge < -0.3 is 15.7 Å². The topological polar surface area (TPSA) is 62.4 Å². The Morgan fingerprint density at radius 3 is 2.71 bits per heavy atom. The summed E-state index contributed by atoms with van der Waals surface area (Å²) >= 11 is 4.98. The first-order valence-corrected chi connectivity index (χ1v) is 5.98. The van der Waals surface area contributed by atoms with Gasteiger partial charge in [0.15, 0.2) is 0 Å². The largest absolute Gasteiger partial charge is 0.389 e. The highest BCUT2D eigenvalue weighted by Gasteiger charge is 2.20. The van der Waals surface area contributed by atoms with E-state index in [4.69, 9.17) is 18.0 Å². The Balaban J connectivity index is 3.07. The van der Waals surface area contributed by atoms with E-state index in [-0.39, 0.29) is 4.99 Å². The highest BCUT2D eigenvalue weighted by Crippen LogP contribution is 2.20. The van der Waals surface area contributed by atoms with Crippen LogP contribution in [0.3, 0.4) is 0 Å². The number of hydrogen-bond acceptors (Lipinski definition) is 4. The van der Waals surface area contributed by atoms with Crippen molar-refractivity contribution in [3.8, 4) is 0 Å². The van der Waals surface area contributed by atoms with E-state index >= 15 is 0 Å². The number of anilines is 1. The fourth-order valence-electron chi connectivity index (χ4n) is 1.68. The molecule has 1 rings (SSSR count). The standard InChI is InChI=1S/C12H19N3OS/c1-4-15(8-12(2,3)16)9-6-5-7-14-10(9)11(13)17/h5-7,16H,4,8H2,1-3H3,(H2,13,17). The van der Waals surface area contributed by atoms with Gasteiger partial charge in [0.1, 0.15) is 10.7 Å². The minimum absolute atomic E-state index is 0.273. The lowest BCUT2D eigenvalue weighted by Crippen LogP contribution is -2.39. The van der Waals surface area contributed by atoms with Crippen molar-refractivity contribution in [3.05, 3.63) is 24.0 Å². The molecule has 3 N–H and O–H groups in total. The van der Waals surface area contributed by atoms with Crippen molar-refractivity contribution in [2.24, 2.45) is 5.73 Å². The Morgan fingerprint density at radius 2 is 2.24 bits per heavy atom. The SMILES string of the molecule is CCN(CC(C)(C)O)c1cccnc1C(N)=S. The molecule has 0 fully saturated rings. The van der Waals surface area contributed by atoms with Gasteiger partial charge in [-0.15, -0.1) is 0 Å². The number of likely N-dealkylation sites (N-methyl/N-ethyl adjacent to an activating group) is 1. The van der Waals surface area contributed by atoms with Gasteiger partial charge in [0.05, 0.1) is 11.3 Å². The molecular formula is C12H19N3OS. The molecular weight excluding hydrogens is 234 g/mol. The summed E-state index contributed by atoms with van der Waals surface area (Å²) in [5, 5.41) is 9.88. The van der Waals surface area contributed by atoms with Gasteiger partial charge in [0, 0.05) is 19.3 Å². The van der Waals surface area contributed by atoms with Crippen molar-refractivity contribution in [2.45, 2.75) is 26.4 Å². The van der Waals surface area contributed by atoms with E-state index in [0.29, 0.717) is 12.2 Å². The smallest absolute Gasteiger partial charge is 0.124 e. The molecule has 0 aliphatic rings. The predicted molar refractivity (Wildman–Crippen MR) is 74.3 cm³/mol. The van der Waals surface area contributed by atoms with Gasteiger partial charge >= 0.3 is 0 Å². The first kappa shape index (κ1) is 13.9. The maximum Gasteiger partial charge on any atom is 0.124 e. The zero-order valence-electron chi connectivity index (χ0n) is 10.5. The zero-order valence-corrected chi connectivity index (χ0v) is 11.3. The average Bonchev–Trinajstić information content (AvgIpc) is 2.24. The Kier molecular flexibility index (Phi) is 4.42. The van der Waals surface area contributed by atoms with Crippen molar-refractivity contribution in [1.29, 1.82) is 0 Å². The number of pyridine rings is 1. The van der Waals surface area contributed by atoms with Gasteiger partial charge in [-0.25, -0.2) is 0 Å². The lowest BCUT2D eigenvalue weighted by molar-refractivity contribution is 0.0876. The summed E-state index contributed by atoms with van der Waals surface area (Å²) in [4.78, 5) is 6.48. The van der Waals surface area contributed by atoms with Crippen LogP contribution in [-0.2, 0) is 0 Å². The Hall–Kier alpha value is -1.20. The number of nitrogens with zero attached hydrogens (tertiary/aromatic N) is 2. The predicted octanol–water partition coefficient (Wildman–Crippen LogP) is 1.31. The van der Waals surface area contributed by atoms with Crippen LogP contribution in [0.15, 0.2) is 18.3 Å². The van der Waals surface area contributed by atoms with Gasteiger partial charge in [-0.3, -0.25) is 4.98 Å². The molecule has 0 aromatic carbocycles. The lowest BCUT2D eigenvalue weighted by atomic mass is 10.1. The molecule has 0 aliphatic heterocycles. The number of thiocarbonyl (C=S) groups is 1. The van der Waals surface area contributed by atoms with Crippen LogP contribution >= 0.6 is 12.2 Å². The minimum Gasteiger partial charge on any atom is -0.389 e. The van der Waals surface area contributed by atoms with E-state index in [0.717, 1.165) is 12.2 Å². The molecule has 0 unspecified atom stereocenters. The third kappa shape index (κ3) is 3.94. The van der Waals surface area contributed by atoms with Crippen molar-refractivity contribution in [3.63, 3.8) is 0 Å². The van der Waals surface area contributed by atoms with Gasteiger partial charge in [0.2, 0.25) is 0 Å². The van der Waals surface area contributed by atoms with Crippen molar-refractivity contribution in [2.75, 3.05) is 18.0 Å². The molecule has 0 atom stereocenters. The Morgan fingerprint density at radius 1 is 1.59 bits per heavy atom. The summed E-state index contributed by atoms with van der Waals surface area (Å²) in [5.74, 6) is 0. The molecule has 0 spiro atoms. The fraction of sp³-hybridized carbons (Fsp3) is 0.500. The molecule has 4 nitrogen and oxygen atoms in total. The van der Waals surface area contributed by atoms with Crippen LogP contribution in [0.5, 0.6) is 0 Å². The van der Waals surface area contributed by atoms with Gasteiger partial charge in [-0.05, 0) is 32.9 Å². The third-order valence-corrected chi connectivity index (χ3v) is 2.51. The average molecular weight is 253 g/mol. The third-order valence-electron chi connectivity index (χ3n) is 2.32. The second-order valence-electron chi connectivity index (χ2n) is 4.56. The molecule has 1 aromatic heterocycles.